The van der Waals surface area contributed by atoms with Gasteiger partial charge >= 0.3 is 0 Å². The normalized spacial score (nSPS) is 11.5. The number of nitrogens with one attached hydrogen (secondary N) is 1. The van der Waals surface area contributed by atoms with Crippen LogP contribution in [0.25, 0.3) is 0 Å². The Morgan fingerprint density at radius 3 is 2.42 bits per heavy atom. The molecule has 2 aromatic carbocycles. The first-order chi connectivity index (χ1) is 12.5. The number of methoxy groups -OCH3 is 2. The van der Waals surface area contributed by atoms with E-state index in [2.05, 4.69) is 5.32 Å². The van der Waals surface area contributed by atoms with Crippen molar-refractivity contribution in [2.24, 2.45) is 0 Å². The zero-order valence-corrected chi connectivity index (χ0v) is 16.0. The SMILES string of the molecule is COc1ccc(OC)c([C@@H](C)NC(=O)CCCOc2ccc(Cl)cc2)c1. The highest BCUT2D eigenvalue weighted by Gasteiger charge is 2.15. The van der Waals surface area contributed by atoms with E-state index in [-0.39, 0.29) is 11.9 Å². The highest BCUT2D eigenvalue weighted by atomic mass is 35.5. The molecule has 1 amide bonds. The highest BCUT2D eigenvalue weighted by Crippen LogP contribution is 2.29. The van der Waals surface area contributed by atoms with E-state index in [1.54, 1.807) is 38.5 Å². The van der Waals surface area contributed by atoms with E-state index < -0.39 is 0 Å². The monoisotopic (exact) mass is 377 g/mol. The molecule has 0 aliphatic heterocycles. The van der Waals surface area contributed by atoms with Gasteiger partial charge in [0.05, 0.1) is 26.9 Å². The van der Waals surface area contributed by atoms with E-state index in [9.17, 15) is 4.79 Å². The van der Waals surface area contributed by atoms with Crippen molar-refractivity contribution in [3.05, 3.63) is 53.1 Å². The third kappa shape index (κ3) is 5.85. The first-order valence-corrected chi connectivity index (χ1v) is 8.81. The smallest absolute Gasteiger partial charge is 0.220 e. The second-order valence-corrected chi connectivity index (χ2v) is 6.24. The molecule has 26 heavy (non-hydrogen) atoms. The molecule has 1 atom stereocenters. The van der Waals surface area contributed by atoms with E-state index >= 15 is 0 Å². The summed E-state index contributed by atoms with van der Waals surface area (Å²) < 4.78 is 16.2. The van der Waals surface area contributed by atoms with E-state index in [0.717, 1.165) is 17.1 Å². The van der Waals surface area contributed by atoms with Crippen LogP contribution in [0.1, 0.15) is 31.4 Å². The second-order valence-electron chi connectivity index (χ2n) is 5.80. The molecule has 0 heterocycles. The summed E-state index contributed by atoms with van der Waals surface area (Å²) >= 11 is 5.83. The maximum atomic E-state index is 12.2. The molecule has 2 aromatic rings. The van der Waals surface area contributed by atoms with Gasteiger partial charge in [0, 0.05) is 17.0 Å². The minimum Gasteiger partial charge on any atom is -0.497 e. The van der Waals surface area contributed by atoms with Gasteiger partial charge in [0.2, 0.25) is 5.91 Å². The van der Waals surface area contributed by atoms with Crippen molar-refractivity contribution in [2.75, 3.05) is 20.8 Å². The minimum atomic E-state index is -0.190. The number of rotatable bonds is 9. The van der Waals surface area contributed by atoms with Gasteiger partial charge in [-0.1, -0.05) is 11.6 Å². The average Bonchev–Trinajstić information content (AvgIpc) is 2.66. The summed E-state index contributed by atoms with van der Waals surface area (Å²) in [4.78, 5) is 12.2. The standard InChI is InChI=1S/C20H24ClNO4/c1-14(18-13-17(24-2)10-11-19(18)25-3)22-20(23)5-4-12-26-16-8-6-15(21)7-9-16/h6-11,13-14H,4-5,12H2,1-3H3,(H,22,23)/t14-/m1/s1. The van der Waals surface area contributed by atoms with Crippen LogP contribution in [0, 0.1) is 0 Å². The summed E-state index contributed by atoms with van der Waals surface area (Å²) in [5, 5.41) is 3.65. The van der Waals surface area contributed by atoms with Crippen LogP contribution in [0.2, 0.25) is 5.02 Å². The fraction of sp³-hybridized carbons (Fsp3) is 0.350. The largest absolute Gasteiger partial charge is 0.497 e. The van der Waals surface area contributed by atoms with Crippen LogP contribution >= 0.6 is 11.6 Å². The van der Waals surface area contributed by atoms with Crippen molar-refractivity contribution in [2.45, 2.75) is 25.8 Å². The Balaban J connectivity index is 1.80. The van der Waals surface area contributed by atoms with Crippen LogP contribution < -0.4 is 19.5 Å². The summed E-state index contributed by atoms with van der Waals surface area (Å²) in [5.41, 5.74) is 0.873. The lowest BCUT2D eigenvalue weighted by Crippen LogP contribution is -2.27. The van der Waals surface area contributed by atoms with E-state index in [0.29, 0.717) is 30.2 Å². The molecule has 140 valence electrons. The summed E-state index contributed by atoms with van der Waals surface area (Å²) in [5.74, 6) is 2.13. The topological polar surface area (TPSA) is 56.8 Å². The van der Waals surface area contributed by atoms with Crippen LogP contribution in [0.5, 0.6) is 17.2 Å². The minimum absolute atomic E-state index is 0.0397. The summed E-state index contributed by atoms with van der Waals surface area (Å²) in [6.45, 7) is 2.38. The van der Waals surface area contributed by atoms with Crippen molar-refractivity contribution in [1.29, 1.82) is 0 Å². The molecule has 0 radical (unpaired) electrons. The van der Waals surface area contributed by atoms with Gasteiger partial charge in [-0.05, 0) is 55.8 Å². The number of carbonyl (C=O) groups is 1. The van der Waals surface area contributed by atoms with Crippen LogP contribution in [-0.4, -0.2) is 26.7 Å². The Morgan fingerprint density at radius 1 is 1.08 bits per heavy atom. The lowest BCUT2D eigenvalue weighted by molar-refractivity contribution is -0.121. The first kappa shape index (κ1) is 19.9. The molecule has 0 aliphatic carbocycles. The van der Waals surface area contributed by atoms with Crippen LogP contribution in [0.15, 0.2) is 42.5 Å². The number of ether oxygens (including phenoxy) is 3. The molecule has 0 saturated carbocycles. The van der Waals surface area contributed by atoms with Gasteiger partial charge < -0.3 is 19.5 Å². The lowest BCUT2D eigenvalue weighted by atomic mass is 10.1. The van der Waals surface area contributed by atoms with Crippen molar-refractivity contribution < 1.29 is 19.0 Å². The molecule has 0 spiro atoms. The number of benzene rings is 2. The molecule has 0 unspecified atom stereocenters. The maximum Gasteiger partial charge on any atom is 0.220 e. The van der Waals surface area contributed by atoms with E-state index in [1.165, 1.54) is 0 Å². The molecular weight excluding hydrogens is 354 g/mol. The molecule has 0 fully saturated rings. The predicted molar refractivity (Wildman–Crippen MR) is 102 cm³/mol. The van der Waals surface area contributed by atoms with Gasteiger partial charge in [-0.3, -0.25) is 4.79 Å². The van der Waals surface area contributed by atoms with E-state index in [1.807, 2.05) is 25.1 Å². The number of carbonyl (C=O) groups excluding carboxylic acids is 1. The number of halogens is 1. The summed E-state index contributed by atoms with van der Waals surface area (Å²) in [6, 6.07) is 12.5. The molecule has 0 saturated heterocycles. The van der Waals surface area contributed by atoms with Crippen LogP contribution in [-0.2, 0) is 4.79 Å². The molecule has 6 heteroatoms. The Hall–Kier alpha value is -2.40. The zero-order valence-electron chi connectivity index (χ0n) is 15.3. The number of hydrogen-bond acceptors (Lipinski definition) is 4. The fourth-order valence-corrected chi connectivity index (χ4v) is 2.65. The third-order valence-electron chi connectivity index (χ3n) is 3.91. The maximum absolute atomic E-state index is 12.2. The highest BCUT2D eigenvalue weighted by molar-refractivity contribution is 6.30. The van der Waals surface area contributed by atoms with Gasteiger partial charge in [-0.2, -0.15) is 0 Å². The Labute approximate surface area is 159 Å². The Morgan fingerprint density at radius 2 is 1.77 bits per heavy atom. The van der Waals surface area contributed by atoms with E-state index in [4.69, 9.17) is 25.8 Å². The molecule has 5 nitrogen and oxygen atoms in total. The molecule has 1 N–H and O–H groups in total. The predicted octanol–water partition coefficient (Wildman–Crippen LogP) is 4.39. The van der Waals surface area contributed by atoms with Gasteiger partial charge in [0.25, 0.3) is 0 Å². The van der Waals surface area contributed by atoms with Crippen LogP contribution in [0.3, 0.4) is 0 Å². The first-order valence-electron chi connectivity index (χ1n) is 8.43. The summed E-state index contributed by atoms with van der Waals surface area (Å²) in [6.07, 6.45) is 1.00. The number of hydrogen-bond donors (Lipinski definition) is 1. The quantitative estimate of drug-likeness (QED) is 0.658. The molecule has 0 aliphatic rings. The Bertz CT molecular complexity index is 718. The Kier molecular flexibility index (Phi) is 7.60. The van der Waals surface area contributed by atoms with Gasteiger partial charge in [-0.25, -0.2) is 0 Å². The van der Waals surface area contributed by atoms with Gasteiger partial charge in [0.1, 0.15) is 17.2 Å². The third-order valence-corrected chi connectivity index (χ3v) is 4.16. The van der Waals surface area contributed by atoms with Crippen LogP contribution in [0.4, 0.5) is 0 Å². The zero-order chi connectivity index (χ0) is 18.9. The fourth-order valence-electron chi connectivity index (χ4n) is 2.52. The van der Waals surface area contributed by atoms with Crippen molar-refractivity contribution in [1.82, 2.24) is 5.32 Å². The molecule has 0 bridgehead atoms. The van der Waals surface area contributed by atoms with Crippen molar-refractivity contribution in [3.63, 3.8) is 0 Å². The molecule has 0 aromatic heterocycles. The number of amides is 1. The average molecular weight is 378 g/mol. The summed E-state index contributed by atoms with van der Waals surface area (Å²) in [7, 11) is 3.21. The lowest BCUT2D eigenvalue weighted by Gasteiger charge is -2.18. The molecular formula is C20H24ClNO4. The van der Waals surface area contributed by atoms with Crippen molar-refractivity contribution >= 4 is 17.5 Å². The van der Waals surface area contributed by atoms with Gasteiger partial charge in [-0.15, -0.1) is 0 Å². The van der Waals surface area contributed by atoms with Gasteiger partial charge in [0.15, 0.2) is 0 Å². The van der Waals surface area contributed by atoms with Crippen molar-refractivity contribution in [3.8, 4) is 17.2 Å². The second kappa shape index (κ2) is 9.92. The molecule has 2 rings (SSSR count).